The minimum atomic E-state index is -0.850. The molecule has 1 amide bonds. The molecule has 0 saturated carbocycles. The quantitative estimate of drug-likeness (QED) is 0.248. The maximum atomic E-state index is 14.0. The van der Waals surface area contributed by atoms with E-state index in [-0.39, 0.29) is 30.3 Å². The number of hydrogen-bond donors (Lipinski definition) is 1. The van der Waals surface area contributed by atoms with Crippen molar-refractivity contribution in [1.82, 2.24) is 4.57 Å². The summed E-state index contributed by atoms with van der Waals surface area (Å²) in [5.41, 5.74) is 2.41. The zero-order valence-corrected chi connectivity index (χ0v) is 26.2. The van der Waals surface area contributed by atoms with Crippen LogP contribution in [0.3, 0.4) is 0 Å². The van der Waals surface area contributed by atoms with Gasteiger partial charge in [0.25, 0.3) is 11.5 Å². The summed E-state index contributed by atoms with van der Waals surface area (Å²) in [7, 11) is 1.54. The number of para-hydroxylation sites is 2. The molecular weight excluding hydrogens is 594 g/mol. The number of esters is 1. The van der Waals surface area contributed by atoms with Gasteiger partial charge >= 0.3 is 5.97 Å². The minimum Gasteiger partial charge on any atom is -0.493 e. The number of methoxy groups -OCH3 is 1. The number of thiazole rings is 1. The number of allylic oxidation sites excluding steroid dienone is 1. The molecule has 4 aromatic rings. The first-order valence-electron chi connectivity index (χ1n) is 14.4. The Morgan fingerprint density at radius 2 is 1.73 bits per heavy atom. The van der Waals surface area contributed by atoms with Crippen molar-refractivity contribution in [2.24, 2.45) is 4.99 Å². The van der Waals surface area contributed by atoms with E-state index in [4.69, 9.17) is 18.9 Å². The first-order chi connectivity index (χ1) is 21.8. The Balaban J connectivity index is 1.48. The van der Waals surface area contributed by atoms with E-state index in [0.29, 0.717) is 50.1 Å². The van der Waals surface area contributed by atoms with Crippen molar-refractivity contribution in [3.63, 3.8) is 0 Å². The molecule has 45 heavy (non-hydrogen) atoms. The average molecular weight is 628 g/mol. The molecule has 0 aliphatic carbocycles. The standard InChI is InChI=1S/C34H33N3O7S/c1-5-42-31-25(13-10-14-26(31)41-4)30-29(33(40)43-6-2)21(3)35-34-37(30)32(39)27(45-34)19-22-15-17-24(18-16-22)44-20-28(38)36-23-11-8-7-9-12-23/h7-19,30H,5-6,20H2,1-4H3,(H,36,38)/b27-19-/t30-/m1/s1. The molecule has 10 nitrogen and oxygen atoms in total. The molecule has 0 unspecified atom stereocenters. The molecule has 0 fully saturated rings. The van der Waals surface area contributed by atoms with E-state index in [1.165, 1.54) is 23.0 Å². The average Bonchev–Trinajstić information content (AvgIpc) is 3.34. The maximum absolute atomic E-state index is 14.0. The SMILES string of the molecule is CCOC(=O)C1=C(C)N=c2s/c(=C\c3ccc(OCC(=O)Nc4ccccc4)cc3)c(=O)n2[C@@H]1c1cccc(OC)c1OCC. The van der Waals surface area contributed by atoms with Gasteiger partial charge in [0.1, 0.15) is 11.8 Å². The number of nitrogens with one attached hydrogen (secondary N) is 1. The third-order valence-electron chi connectivity index (χ3n) is 6.93. The third-order valence-corrected chi connectivity index (χ3v) is 7.92. The summed E-state index contributed by atoms with van der Waals surface area (Å²) in [6.45, 7) is 5.68. The van der Waals surface area contributed by atoms with E-state index >= 15 is 0 Å². The molecule has 0 radical (unpaired) electrons. The van der Waals surface area contributed by atoms with Crippen LogP contribution in [-0.2, 0) is 14.3 Å². The second-order valence-electron chi connectivity index (χ2n) is 9.89. The lowest BCUT2D eigenvalue weighted by molar-refractivity contribution is -0.139. The zero-order chi connectivity index (χ0) is 31.9. The summed E-state index contributed by atoms with van der Waals surface area (Å²) in [4.78, 5) is 44.6. The molecule has 1 aromatic heterocycles. The van der Waals surface area contributed by atoms with Gasteiger partial charge in [-0.1, -0.05) is 53.8 Å². The van der Waals surface area contributed by atoms with Gasteiger partial charge in [0, 0.05) is 11.3 Å². The molecule has 11 heteroatoms. The number of hydrogen-bond acceptors (Lipinski definition) is 9. The third kappa shape index (κ3) is 6.83. The normalized spacial score (nSPS) is 14.3. The largest absolute Gasteiger partial charge is 0.493 e. The van der Waals surface area contributed by atoms with E-state index in [2.05, 4.69) is 10.3 Å². The molecule has 5 rings (SSSR count). The van der Waals surface area contributed by atoms with Crippen molar-refractivity contribution in [1.29, 1.82) is 0 Å². The van der Waals surface area contributed by atoms with Crippen molar-refractivity contribution in [2.45, 2.75) is 26.8 Å². The molecule has 1 N–H and O–H groups in total. The summed E-state index contributed by atoms with van der Waals surface area (Å²) in [5, 5.41) is 2.78. The van der Waals surface area contributed by atoms with Gasteiger partial charge in [-0.05, 0) is 62.7 Å². The lowest BCUT2D eigenvalue weighted by atomic mass is 9.94. The van der Waals surface area contributed by atoms with Gasteiger partial charge in [0.2, 0.25) is 0 Å². The summed E-state index contributed by atoms with van der Waals surface area (Å²) >= 11 is 1.22. The smallest absolute Gasteiger partial charge is 0.338 e. The van der Waals surface area contributed by atoms with Gasteiger partial charge in [-0.15, -0.1) is 0 Å². The predicted octanol–water partition coefficient (Wildman–Crippen LogP) is 4.22. The summed E-state index contributed by atoms with van der Waals surface area (Å²) in [6.07, 6.45) is 1.76. The molecule has 3 aromatic carbocycles. The number of fused-ring (bicyclic) bond motifs is 1. The van der Waals surface area contributed by atoms with Crippen molar-refractivity contribution >= 4 is 35.0 Å². The Morgan fingerprint density at radius 1 is 0.978 bits per heavy atom. The Kier molecular flexibility index (Phi) is 9.79. The molecular formula is C34H33N3O7S. The number of nitrogens with zero attached hydrogens (tertiary/aromatic N) is 2. The highest BCUT2D eigenvalue weighted by atomic mass is 32.1. The first-order valence-corrected chi connectivity index (χ1v) is 15.2. The number of ether oxygens (including phenoxy) is 4. The lowest BCUT2D eigenvalue weighted by Crippen LogP contribution is -2.40. The molecule has 2 heterocycles. The van der Waals surface area contributed by atoms with Crippen LogP contribution >= 0.6 is 11.3 Å². The van der Waals surface area contributed by atoms with Gasteiger partial charge in [0.05, 0.1) is 36.1 Å². The van der Waals surface area contributed by atoms with E-state index < -0.39 is 12.0 Å². The number of aromatic nitrogens is 1. The molecule has 1 atom stereocenters. The van der Waals surface area contributed by atoms with E-state index in [0.717, 1.165) is 5.56 Å². The fraction of sp³-hybridized carbons (Fsp3) is 0.235. The van der Waals surface area contributed by atoms with Crippen molar-refractivity contribution < 1.29 is 28.5 Å². The maximum Gasteiger partial charge on any atom is 0.338 e. The molecule has 232 valence electrons. The van der Waals surface area contributed by atoms with Crippen molar-refractivity contribution in [2.75, 3.05) is 32.2 Å². The van der Waals surface area contributed by atoms with Crippen LogP contribution in [0.1, 0.15) is 37.9 Å². The second kappa shape index (κ2) is 14.1. The van der Waals surface area contributed by atoms with Crippen LogP contribution in [0.5, 0.6) is 17.2 Å². The Morgan fingerprint density at radius 3 is 2.42 bits per heavy atom. The van der Waals surface area contributed by atoms with Crippen LogP contribution in [0.2, 0.25) is 0 Å². The van der Waals surface area contributed by atoms with Crippen LogP contribution in [-0.4, -0.2) is 43.4 Å². The highest BCUT2D eigenvalue weighted by Crippen LogP contribution is 2.40. The van der Waals surface area contributed by atoms with Gasteiger partial charge in [-0.2, -0.15) is 0 Å². The highest BCUT2D eigenvalue weighted by molar-refractivity contribution is 7.07. The summed E-state index contributed by atoms with van der Waals surface area (Å²) in [6, 6.07) is 20.7. The molecule has 1 aliphatic rings. The summed E-state index contributed by atoms with van der Waals surface area (Å²) < 4.78 is 24.5. The van der Waals surface area contributed by atoms with Gasteiger partial charge < -0.3 is 24.3 Å². The van der Waals surface area contributed by atoms with E-state index in [1.54, 1.807) is 68.5 Å². The van der Waals surface area contributed by atoms with Crippen molar-refractivity contribution in [3.8, 4) is 17.2 Å². The fourth-order valence-corrected chi connectivity index (χ4v) is 6.02. The number of carbonyl (C=O) groups is 2. The number of amides is 1. The van der Waals surface area contributed by atoms with Gasteiger partial charge in [-0.25, -0.2) is 9.79 Å². The topological polar surface area (TPSA) is 117 Å². The summed E-state index contributed by atoms with van der Waals surface area (Å²) in [5.74, 6) is 0.590. The van der Waals surface area contributed by atoms with Crippen molar-refractivity contribution in [3.05, 3.63) is 115 Å². The monoisotopic (exact) mass is 627 g/mol. The fourth-order valence-electron chi connectivity index (χ4n) is 4.97. The van der Waals surface area contributed by atoms with Crippen LogP contribution < -0.4 is 34.4 Å². The number of carbonyl (C=O) groups excluding carboxylic acids is 2. The van der Waals surface area contributed by atoms with Gasteiger partial charge in [-0.3, -0.25) is 14.2 Å². The van der Waals surface area contributed by atoms with Crippen LogP contribution in [0.4, 0.5) is 5.69 Å². The number of benzene rings is 3. The van der Waals surface area contributed by atoms with E-state index in [1.807, 2.05) is 31.2 Å². The Bertz CT molecular complexity index is 1910. The van der Waals surface area contributed by atoms with Crippen LogP contribution in [0.25, 0.3) is 6.08 Å². The zero-order valence-electron chi connectivity index (χ0n) is 25.4. The molecule has 1 aliphatic heterocycles. The lowest BCUT2D eigenvalue weighted by Gasteiger charge is -2.26. The number of rotatable bonds is 11. The number of anilines is 1. The Hall–Kier alpha value is -5.16. The predicted molar refractivity (Wildman–Crippen MR) is 172 cm³/mol. The molecule has 0 saturated heterocycles. The Labute approximate surface area is 263 Å². The minimum absolute atomic E-state index is 0.150. The van der Waals surface area contributed by atoms with Crippen LogP contribution in [0, 0.1) is 0 Å². The van der Waals surface area contributed by atoms with Gasteiger partial charge in [0.15, 0.2) is 22.9 Å². The first kappa shape index (κ1) is 31.3. The molecule has 0 spiro atoms. The van der Waals surface area contributed by atoms with E-state index in [9.17, 15) is 14.4 Å². The molecule has 0 bridgehead atoms. The van der Waals surface area contributed by atoms with Crippen LogP contribution in [0.15, 0.2) is 93.9 Å². The highest BCUT2D eigenvalue weighted by Gasteiger charge is 2.36. The second-order valence-corrected chi connectivity index (χ2v) is 10.9.